The molecule has 1 aromatic heterocycles. The summed E-state index contributed by atoms with van der Waals surface area (Å²) in [6.07, 6.45) is 0. The average molecular weight is 429 g/mol. The molecule has 7 nitrogen and oxygen atoms in total. The van der Waals surface area contributed by atoms with Crippen LogP contribution in [0.3, 0.4) is 0 Å². The Bertz CT molecular complexity index is 872. The fourth-order valence-electron chi connectivity index (χ4n) is 3.49. The van der Waals surface area contributed by atoms with Gasteiger partial charge in [-0.3, -0.25) is 19.3 Å². The molecule has 0 atom stereocenters. The van der Waals surface area contributed by atoms with Crippen molar-refractivity contribution in [3.63, 3.8) is 0 Å². The topological polar surface area (TPSA) is 73.0 Å². The predicted octanol–water partition coefficient (Wildman–Crippen LogP) is 2.63. The zero-order valence-electron chi connectivity index (χ0n) is 17.5. The second-order valence-corrected chi connectivity index (χ2v) is 8.09. The molecule has 2 aromatic rings. The van der Waals surface area contributed by atoms with Crippen molar-refractivity contribution < 1.29 is 14.4 Å². The predicted molar refractivity (Wildman–Crippen MR) is 119 cm³/mol. The molecule has 160 valence electrons. The lowest BCUT2D eigenvalue weighted by Gasteiger charge is -2.35. The number of benzene rings is 1. The van der Waals surface area contributed by atoms with Gasteiger partial charge in [0.2, 0.25) is 5.91 Å². The molecule has 1 aliphatic heterocycles. The zero-order chi connectivity index (χ0) is 21.5. The molecular weight excluding hydrogens is 400 g/mol. The van der Waals surface area contributed by atoms with Crippen molar-refractivity contribution in [2.45, 2.75) is 13.8 Å². The van der Waals surface area contributed by atoms with Gasteiger partial charge in [0.15, 0.2) is 0 Å². The van der Waals surface area contributed by atoms with Gasteiger partial charge in [-0.15, -0.1) is 11.3 Å². The number of amides is 3. The SMILES string of the molecule is CCN(CC)C(=O)CN1CCN(C(=O)c2cccc(NC(=O)c3cccs3)c2)CC1. The van der Waals surface area contributed by atoms with Crippen LogP contribution in [-0.2, 0) is 4.79 Å². The molecule has 2 heterocycles. The summed E-state index contributed by atoms with van der Waals surface area (Å²) in [6.45, 7) is 8.30. The first-order valence-electron chi connectivity index (χ1n) is 10.3. The van der Waals surface area contributed by atoms with Gasteiger partial charge in [0.05, 0.1) is 11.4 Å². The fourth-order valence-corrected chi connectivity index (χ4v) is 4.11. The third-order valence-electron chi connectivity index (χ3n) is 5.25. The maximum atomic E-state index is 12.9. The highest BCUT2D eigenvalue weighted by molar-refractivity contribution is 7.12. The van der Waals surface area contributed by atoms with Crippen LogP contribution in [0.2, 0.25) is 0 Å². The van der Waals surface area contributed by atoms with Gasteiger partial charge >= 0.3 is 0 Å². The van der Waals surface area contributed by atoms with E-state index in [1.54, 1.807) is 35.2 Å². The minimum Gasteiger partial charge on any atom is -0.342 e. The molecule has 0 radical (unpaired) electrons. The first-order valence-corrected chi connectivity index (χ1v) is 11.1. The Morgan fingerprint density at radius 2 is 1.77 bits per heavy atom. The summed E-state index contributed by atoms with van der Waals surface area (Å²) in [5.74, 6) is -0.105. The second-order valence-electron chi connectivity index (χ2n) is 7.15. The molecule has 0 aliphatic carbocycles. The van der Waals surface area contributed by atoms with E-state index in [4.69, 9.17) is 0 Å². The number of nitrogens with one attached hydrogen (secondary N) is 1. The summed E-state index contributed by atoms with van der Waals surface area (Å²) in [4.78, 5) is 43.8. The molecule has 30 heavy (non-hydrogen) atoms. The monoisotopic (exact) mass is 428 g/mol. The van der Waals surface area contributed by atoms with Crippen LogP contribution in [0.1, 0.15) is 33.9 Å². The van der Waals surface area contributed by atoms with Crippen molar-refractivity contribution in [2.75, 3.05) is 51.1 Å². The fraction of sp³-hybridized carbons (Fsp3) is 0.409. The summed E-state index contributed by atoms with van der Waals surface area (Å²) in [5.41, 5.74) is 1.15. The van der Waals surface area contributed by atoms with Crippen molar-refractivity contribution in [2.24, 2.45) is 0 Å². The number of piperazine rings is 1. The molecule has 3 amide bonds. The van der Waals surface area contributed by atoms with Crippen molar-refractivity contribution in [1.82, 2.24) is 14.7 Å². The van der Waals surface area contributed by atoms with Gasteiger partial charge in [0, 0.05) is 50.5 Å². The Labute approximate surface area is 181 Å². The highest BCUT2D eigenvalue weighted by Crippen LogP contribution is 2.17. The molecule has 0 spiro atoms. The maximum absolute atomic E-state index is 12.9. The van der Waals surface area contributed by atoms with Crippen LogP contribution in [0.4, 0.5) is 5.69 Å². The van der Waals surface area contributed by atoms with Gasteiger partial charge in [-0.1, -0.05) is 12.1 Å². The van der Waals surface area contributed by atoms with Gasteiger partial charge in [-0.05, 0) is 43.5 Å². The molecule has 8 heteroatoms. The van der Waals surface area contributed by atoms with Crippen LogP contribution in [0.5, 0.6) is 0 Å². The van der Waals surface area contributed by atoms with Gasteiger partial charge in [0.25, 0.3) is 11.8 Å². The quantitative estimate of drug-likeness (QED) is 0.736. The molecule has 3 rings (SSSR count). The second kappa shape index (κ2) is 10.4. The van der Waals surface area contributed by atoms with E-state index in [9.17, 15) is 14.4 Å². The van der Waals surface area contributed by atoms with Crippen LogP contribution < -0.4 is 5.32 Å². The molecule has 0 bridgehead atoms. The number of carbonyl (C=O) groups is 3. The van der Waals surface area contributed by atoms with E-state index in [0.29, 0.717) is 61.9 Å². The summed E-state index contributed by atoms with van der Waals surface area (Å²) in [6, 6.07) is 10.6. The summed E-state index contributed by atoms with van der Waals surface area (Å²) in [7, 11) is 0. The Balaban J connectivity index is 1.55. The number of hydrogen-bond acceptors (Lipinski definition) is 5. The number of rotatable bonds is 7. The minimum atomic E-state index is -0.180. The Morgan fingerprint density at radius 3 is 2.40 bits per heavy atom. The average Bonchev–Trinajstić information content (AvgIpc) is 3.30. The number of likely N-dealkylation sites (N-methyl/N-ethyl adjacent to an activating group) is 1. The van der Waals surface area contributed by atoms with E-state index in [1.807, 2.05) is 30.2 Å². The van der Waals surface area contributed by atoms with E-state index in [2.05, 4.69) is 10.2 Å². The number of hydrogen-bond donors (Lipinski definition) is 1. The number of thiophene rings is 1. The third-order valence-corrected chi connectivity index (χ3v) is 6.12. The summed E-state index contributed by atoms with van der Waals surface area (Å²) < 4.78 is 0. The molecule has 0 unspecified atom stereocenters. The van der Waals surface area contributed by atoms with E-state index in [0.717, 1.165) is 0 Å². The first-order chi connectivity index (χ1) is 14.5. The van der Waals surface area contributed by atoms with Gasteiger partial charge in [-0.25, -0.2) is 0 Å². The molecule has 1 aromatic carbocycles. The molecule has 0 saturated carbocycles. The van der Waals surface area contributed by atoms with Crippen LogP contribution in [0.15, 0.2) is 41.8 Å². The highest BCUT2D eigenvalue weighted by atomic mass is 32.1. The van der Waals surface area contributed by atoms with Crippen LogP contribution in [0.25, 0.3) is 0 Å². The first kappa shape index (κ1) is 22.0. The van der Waals surface area contributed by atoms with E-state index in [-0.39, 0.29) is 17.7 Å². The zero-order valence-corrected chi connectivity index (χ0v) is 18.3. The van der Waals surface area contributed by atoms with Crippen molar-refractivity contribution in [3.8, 4) is 0 Å². The number of carbonyl (C=O) groups excluding carboxylic acids is 3. The molecular formula is C22H28N4O3S. The van der Waals surface area contributed by atoms with Crippen molar-refractivity contribution in [3.05, 3.63) is 52.2 Å². The summed E-state index contributed by atoms with van der Waals surface area (Å²) >= 11 is 1.37. The number of anilines is 1. The van der Waals surface area contributed by atoms with Crippen LogP contribution >= 0.6 is 11.3 Å². The number of nitrogens with zero attached hydrogens (tertiary/aromatic N) is 3. The molecule has 1 fully saturated rings. The van der Waals surface area contributed by atoms with Crippen LogP contribution in [-0.4, -0.2) is 78.2 Å². The lowest BCUT2D eigenvalue weighted by Crippen LogP contribution is -2.51. The molecule has 1 N–H and O–H groups in total. The van der Waals surface area contributed by atoms with Crippen molar-refractivity contribution >= 4 is 34.7 Å². The Morgan fingerprint density at radius 1 is 1.03 bits per heavy atom. The molecule has 1 aliphatic rings. The Hall–Kier alpha value is -2.71. The maximum Gasteiger partial charge on any atom is 0.265 e. The van der Waals surface area contributed by atoms with Crippen LogP contribution in [0, 0.1) is 0 Å². The van der Waals surface area contributed by atoms with Gasteiger partial charge in [0.1, 0.15) is 0 Å². The minimum absolute atomic E-state index is 0.0584. The van der Waals surface area contributed by atoms with E-state index < -0.39 is 0 Å². The van der Waals surface area contributed by atoms with E-state index in [1.165, 1.54) is 11.3 Å². The van der Waals surface area contributed by atoms with Gasteiger partial charge < -0.3 is 15.1 Å². The normalized spacial score (nSPS) is 14.4. The molecule has 1 saturated heterocycles. The lowest BCUT2D eigenvalue weighted by molar-refractivity contribution is -0.132. The highest BCUT2D eigenvalue weighted by Gasteiger charge is 2.24. The smallest absolute Gasteiger partial charge is 0.265 e. The van der Waals surface area contributed by atoms with Crippen molar-refractivity contribution in [1.29, 1.82) is 0 Å². The lowest BCUT2D eigenvalue weighted by atomic mass is 10.1. The Kier molecular flexibility index (Phi) is 7.59. The largest absolute Gasteiger partial charge is 0.342 e. The third kappa shape index (κ3) is 5.46. The summed E-state index contributed by atoms with van der Waals surface area (Å²) in [5, 5.41) is 4.69. The van der Waals surface area contributed by atoms with Gasteiger partial charge in [-0.2, -0.15) is 0 Å². The van der Waals surface area contributed by atoms with E-state index >= 15 is 0 Å². The standard InChI is InChI=1S/C22H28N4O3S/c1-3-25(4-2)20(27)16-24-10-12-26(13-11-24)22(29)17-7-5-8-18(15-17)23-21(28)19-9-6-14-30-19/h5-9,14-15H,3-4,10-13,16H2,1-2H3,(H,23,28).